The molecule has 0 radical (unpaired) electrons. The van der Waals surface area contributed by atoms with Crippen LogP contribution in [0.5, 0.6) is 0 Å². The Morgan fingerprint density at radius 1 is 1.12 bits per heavy atom. The molecule has 7 nitrogen and oxygen atoms in total. The minimum Gasteiger partial charge on any atom is -0.321 e. The molecular formula is C18H18N4O3S. The van der Waals surface area contributed by atoms with Gasteiger partial charge in [-0.1, -0.05) is 18.2 Å². The van der Waals surface area contributed by atoms with Crippen molar-refractivity contribution in [1.29, 1.82) is 0 Å². The molecule has 3 aromatic rings. The van der Waals surface area contributed by atoms with Crippen LogP contribution in [0, 0.1) is 0 Å². The molecule has 1 aliphatic carbocycles. The molecule has 2 aromatic carbocycles. The number of para-hydroxylation sites is 2. The molecule has 1 heterocycles. The van der Waals surface area contributed by atoms with Gasteiger partial charge in [-0.25, -0.2) is 13.4 Å². The molecule has 0 spiro atoms. The van der Waals surface area contributed by atoms with Crippen molar-refractivity contribution in [1.82, 2.24) is 19.8 Å². The smallest absolute Gasteiger partial charge is 0.257 e. The van der Waals surface area contributed by atoms with Gasteiger partial charge in [-0.3, -0.25) is 10.2 Å². The third kappa shape index (κ3) is 3.21. The maximum atomic E-state index is 12.4. The molecule has 0 saturated heterocycles. The summed E-state index contributed by atoms with van der Waals surface area (Å²) >= 11 is 0. The maximum Gasteiger partial charge on any atom is 0.257 e. The summed E-state index contributed by atoms with van der Waals surface area (Å²) in [7, 11) is -3.81. The number of sulfonamides is 1. The minimum absolute atomic E-state index is 0.0345. The third-order valence-corrected chi connectivity index (χ3v) is 5.79. The number of benzene rings is 2. The fraction of sp³-hybridized carbons (Fsp3) is 0.222. The molecule has 0 saturated carbocycles. The SMILES string of the molecule is O=C(Cn1cnc2ccccc21)NNS(=O)(=O)c1ccc2c(c1)CCC2. The molecule has 4 rings (SSSR count). The van der Waals surface area contributed by atoms with Crippen LogP contribution in [0.3, 0.4) is 0 Å². The van der Waals surface area contributed by atoms with Crippen molar-refractivity contribution < 1.29 is 13.2 Å². The zero-order chi connectivity index (χ0) is 18.1. The van der Waals surface area contributed by atoms with Gasteiger partial charge in [0.25, 0.3) is 15.9 Å². The van der Waals surface area contributed by atoms with Crippen LogP contribution in [0.15, 0.2) is 53.7 Å². The highest BCUT2D eigenvalue weighted by molar-refractivity contribution is 7.89. The van der Waals surface area contributed by atoms with Gasteiger partial charge in [0.05, 0.1) is 22.3 Å². The van der Waals surface area contributed by atoms with E-state index in [4.69, 9.17) is 0 Å². The first-order valence-corrected chi connectivity index (χ1v) is 9.83. The molecule has 1 amide bonds. The van der Waals surface area contributed by atoms with Gasteiger partial charge >= 0.3 is 0 Å². The van der Waals surface area contributed by atoms with Crippen molar-refractivity contribution in [3.63, 3.8) is 0 Å². The summed E-state index contributed by atoms with van der Waals surface area (Å²) in [5, 5.41) is 0. The molecule has 0 aliphatic heterocycles. The number of amides is 1. The molecule has 134 valence electrons. The zero-order valence-electron chi connectivity index (χ0n) is 14.0. The number of hydrogen-bond acceptors (Lipinski definition) is 4. The van der Waals surface area contributed by atoms with Gasteiger partial charge in [0.1, 0.15) is 6.54 Å². The molecular weight excluding hydrogens is 352 g/mol. The largest absolute Gasteiger partial charge is 0.321 e. The molecule has 0 atom stereocenters. The van der Waals surface area contributed by atoms with Crippen molar-refractivity contribution in [2.75, 3.05) is 0 Å². The second-order valence-electron chi connectivity index (χ2n) is 6.30. The minimum atomic E-state index is -3.81. The van der Waals surface area contributed by atoms with E-state index < -0.39 is 15.9 Å². The molecule has 0 unspecified atom stereocenters. The molecule has 26 heavy (non-hydrogen) atoms. The van der Waals surface area contributed by atoms with Crippen molar-refractivity contribution in [2.24, 2.45) is 0 Å². The van der Waals surface area contributed by atoms with Gasteiger partial charge in [-0.05, 0) is 54.7 Å². The summed E-state index contributed by atoms with van der Waals surface area (Å²) < 4.78 is 26.5. The number of carbonyl (C=O) groups is 1. The highest BCUT2D eigenvalue weighted by atomic mass is 32.2. The lowest BCUT2D eigenvalue weighted by atomic mass is 10.1. The van der Waals surface area contributed by atoms with E-state index in [2.05, 4.69) is 15.2 Å². The monoisotopic (exact) mass is 370 g/mol. The number of hydrogen-bond donors (Lipinski definition) is 2. The number of hydrazine groups is 1. The molecule has 1 aromatic heterocycles. The van der Waals surface area contributed by atoms with Crippen molar-refractivity contribution in [2.45, 2.75) is 30.7 Å². The van der Waals surface area contributed by atoms with E-state index >= 15 is 0 Å². The summed E-state index contributed by atoms with van der Waals surface area (Å²) in [4.78, 5) is 18.7. The van der Waals surface area contributed by atoms with Crippen LogP contribution in [0.4, 0.5) is 0 Å². The predicted molar refractivity (Wildman–Crippen MR) is 96.7 cm³/mol. The fourth-order valence-electron chi connectivity index (χ4n) is 3.23. The Balaban J connectivity index is 1.43. The van der Waals surface area contributed by atoms with E-state index in [1.54, 1.807) is 23.0 Å². The number of nitrogens with one attached hydrogen (secondary N) is 2. The Bertz CT molecular complexity index is 1090. The first kappa shape index (κ1) is 16.7. The van der Waals surface area contributed by atoms with Crippen LogP contribution < -0.4 is 10.3 Å². The van der Waals surface area contributed by atoms with E-state index in [-0.39, 0.29) is 11.4 Å². The zero-order valence-corrected chi connectivity index (χ0v) is 14.8. The van der Waals surface area contributed by atoms with Crippen molar-refractivity contribution in [3.05, 3.63) is 59.9 Å². The summed E-state index contributed by atoms with van der Waals surface area (Å²) in [6, 6.07) is 12.5. The van der Waals surface area contributed by atoms with E-state index in [0.29, 0.717) is 0 Å². The summed E-state index contributed by atoms with van der Waals surface area (Å²) in [5.41, 5.74) is 6.11. The Kier molecular flexibility index (Phi) is 4.21. The van der Waals surface area contributed by atoms with Gasteiger partial charge < -0.3 is 4.57 Å². The average molecular weight is 370 g/mol. The Hall–Kier alpha value is -2.71. The summed E-state index contributed by atoms with van der Waals surface area (Å²) in [6.07, 6.45) is 4.47. The second kappa shape index (κ2) is 6.54. The number of aryl methyl sites for hydroxylation is 2. The van der Waals surface area contributed by atoms with Gasteiger partial charge in [0.2, 0.25) is 0 Å². The molecule has 0 fully saturated rings. The fourth-order valence-corrected chi connectivity index (χ4v) is 4.14. The van der Waals surface area contributed by atoms with Crippen LogP contribution in [0.1, 0.15) is 17.5 Å². The van der Waals surface area contributed by atoms with Crippen molar-refractivity contribution in [3.8, 4) is 0 Å². The molecule has 1 aliphatic rings. The van der Waals surface area contributed by atoms with Crippen LogP contribution in [0.2, 0.25) is 0 Å². The normalized spacial score (nSPS) is 13.7. The highest BCUT2D eigenvalue weighted by Crippen LogP contribution is 2.24. The Labute approximate surface area is 151 Å². The third-order valence-electron chi connectivity index (χ3n) is 4.55. The summed E-state index contributed by atoms with van der Waals surface area (Å²) in [6.45, 7) is -0.0345. The van der Waals surface area contributed by atoms with Crippen LogP contribution in [0.25, 0.3) is 11.0 Å². The first-order valence-electron chi connectivity index (χ1n) is 8.35. The molecule has 0 bridgehead atoms. The summed E-state index contributed by atoms with van der Waals surface area (Å²) in [5.74, 6) is -0.474. The number of carbonyl (C=O) groups excluding carboxylic acids is 1. The maximum absolute atomic E-state index is 12.4. The standard InChI is InChI=1S/C18H18N4O3S/c23-18(11-22-12-19-16-6-1-2-7-17(16)22)20-21-26(24,25)15-9-8-13-4-3-5-14(13)10-15/h1-2,6-10,12,21H,3-5,11H2,(H,20,23). The Morgan fingerprint density at radius 2 is 1.92 bits per heavy atom. The van der Waals surface area contributed by atoms with E-state index in [9.17, 15) is 13.2 Å². The second-order valence-corrected chi connectivity index (χ2v) is 7.98. The highest BCUT2D eigenvalue weighted by Gasteiger charge is 2.19. The van der Waals surface area contributed by atoms with Crippen LogP contribution >= 0.6 is 0 Å². The quantitative estimate of drug-likeness (QED) is 0.666. The number of imidazole rings is 1. The van der Waals surface area contributed by atoms with E-state index in [1.165, 1.54) is 5.56 Å². The van der Waals surface area contributed by atoms with Gasteiger partial charge in [0.15, 0.2) is 0 Å². The first-order chi connectivity index (χ1) is 12.5. The van der Waals surface area contributed by atoms with Gasteiger partial charge in [-0.2, -0.15) is 0 Å². The van der Waals surface area contributed by atoms with E-state index in [0.717, 1.165) is 35.9 Å². The number of rotatable bonds is 5. The lowest BCUT2D eigenvalue weighted by Crippen LogP contribution is -2.43. The van der Waals surface area contributed by atoms with Gasteiger partial charge in [0, 0.05) is 0 Å². The average Bonchev–Trinajstić information content (AvgIpc) is 3.27. The topological polar surface area (TPSA) is 93.1 Å². The lowest BCUT2D eigenvalue weighted by Gasteiger charge is -2.10. The molecule has 2 N–H and O–H groups in total. The van der Waals surface area contributed by atoms with E-state index in [1.807, 2.05) is 30.3 Å². The number of nitrogens with zero attached hydrogens (tertiary/aromatic N) is 2. The number of aromatic nitrogens is 2. The Morgan fingerprint density at radius 3 is 2.81 bits per heavy atom. The predicted octanol–water partition coefficient (Wildman–Crippen LogP) is 1.53. The van der Waals surface area contributed by atoms with Gasteiger partial charge in [-0.15, -0.1) is 4.83 Å². The van der Waals surface area contributed by atoms with Crippen molar-refractivity contribution >= 4 is 27.0 Å². The number of fused-ring (bicyclic) bond motifs is 2. The lowest BCUT2D eigenvalue weighted by molar-refractivity contribution is -0.122. The molecule has 8 heteroatoms. The van der Waals surface area contributed by atoms with Crippen LogP contribution in [-0.4, -0.2) is 23.9 Å². The van der Waals surface area contributed by atoms with Crippen LogP contribution in [-0.2, 0) is 34.2 Å².